The quantitative estimate of drug-likeness (QED) is 0.859. The first-order valence-electron chi connectivity index (χ1n) is 5.00. The Morgan fingerprint density at radius 1 is 1.38 bits per heavy atom. The molecular formula is C12H14F2O2. The van der Waals surface area contributed by atoms with E-state index in [0.717, 1.165) is 12.5 Å². The molecule has 4 heteroatoms. The summed E-state index contributed by atoms with van der Waals surface area (Å²) in [5.41, 5.74) is 0.696. The van der Waals surface area contributed by atoms with Crippen LogP contribution in [0.3, 0.4) is 0 Å². The van der Waals surface area contributed by atoms with E-state index in [-0.39, 0.29) is 5.56 Å². The number of benzene rings is 1. The Bertz CT molecular complexity index is 366. The Hall–Kier alpha value is -1.45. The molecule has 1 N–H and O–H groups in total. The third-order valence-electron chi connectivity index (χ3n) is 2.42. The second kappa shape index (κ2) is 4.60. The fourth-order valence-electron chi connectivity index (χ4n) is 1.37. The molecule has 1 unspecified atom stereocenters. The van der Waals surface area contributed by atoms with E-state index in [0.29, 0.717) is 6.42 Å². The molecular weight excluding hydrogens is 214 g/mol. The van der Waals surface area contributed by atoms with Gasteiger partial charge in [0.05, 0.1) is 5.92 Å². The molecule has 88 valence electrons. The molecule has 0 aromatic heterocycles. The van der Waals surface area contributed by atoms with Gasteiger partial charge in [-0.05, 0) is 12.0 Å². The van der Waals surface area contributed by atoms with Gasteiger partial charge < -0.3 is 5.11 Å². The molecule has 2 nitrogen and oxygen atoms in total. The number of halogens is 2. The van der Waals surface area contributed by atoms with Crippen molar-refractivity contribution in [1.82, 2.24) is 0 Å². The largest absolute Gasteiger partial charge is 0.481 e. The van der Waals surface area contributed by atoms with Crippen molar-refractivity contribution in [3.8, 4) is 0 Å². The topological polar surface area (TPSA) is 37.3 Å². The molecule has 0 saturated carbocycles. The molecule has 0 fully saturated rings. The van der Waals surface area contributed by atoms with Crippen LogP contribution in [0, 0.1) is 5.92 Å². The van der Waals surface area contributed by atoms with Crippen LogP contribution in [0.15, 0.2) is 24.3 Å². The highest BCUT2D eigenvalue weighted by atomic mass is 19.3. The van der Waals surface area contributed by atoms with Crippen LogP contribution < -0.4 is 0 Å². The van der Waals surface area contributed by atoms with Crippen LogP contribution in [-0.2, 0) is 17.1 Å². The number of carboxylic acid groups (broad SMARTS) is 1. The van der Waals surface area contributed by atoms with Crippen LogP contribution in [0.25, 0.3) is 0 Å². The zero-order valence-corrected chi connectivity index (χ0v) is 9.21. The zero-order valence-electron chi connectivity index (χ0n) is 9.21. The van der Waals surface area contributed by atoms with E-state index in [1.54, 1.807) is 19.1 Å². The van der Waals surface area contributed by atoms with Crippen molar-refractivity contribution in [3.05, 3.63) is 35.4 Å². The Kier molecular flexibility index (Phi) is 3.62. The minimum absolute atomic E-state index is 0.0563. The van der Waals surface area contributed by atoms with Crippen molar-refractivity contribution >= 4 is 5.97 Å². The molecule has 0 saturated heterocycles. The monoisotopic (exact) mass is 228 g/mol. The van der Waals surface area contributed by atoms with Crippen LogP contribution in [0.1, 0.15) is 25.0 Å². The number of carboxylic acids is 1. The molecule has 0 aliphatic heterocycles. The van der Waals surface area contributed by atoms with Crippen molar-refractivity contribution in [3.63, 3.8) is 0 Å². The smallest absolute Gasteiger partial charge is 0.306 e. The molecule has 0 aliphatic carbocycles. The van der Waals surface area contributed by atoms with Crippen LogP contribution in [0.2, 0.25) is 0 Å². The number of rotatable bonds is 4. The predicted molar refractivity (Wildman–Crippen MR) is 56.5 cm³/mol. The lowest BCUT2D eigenvalue weighted by atomic mass is 9.99. The van der Waals surface area contributed by atoms with Gasteiger partial charge in [0.2, 0.25) is 0 Å². The minimum Gasteiger partial charge on any atom is -0.481 e. The molecule has 0 aliphatic rings. The van der Waals surface area contributed by atoms with Crippen LogP contribution >= 0.6 is 0 Å². The summed E-state index contributed by atoms with van der Waals surface area (Å²) in [6.07, 6.45) is 0.352. The fourth-order valence-corrected chi connectivity index (χ4v) is 1.37. The van der Waals surface area contributed by atoms with Crippen LogP contribution in [0.4, 0.5) is 8.78 Å². The molecule has 0 bridgehead atoms. The molecule has 1 atom stereocenters. The SMILES string of the molecule is CC(Cc1ccc(C(C)(F)F)cc1)C(=O)O. The van der Waals surface area contributed by atoms with Crippen molar-refractivity contribution in [2.75, 3.05) is 0 Å². The molecule has 0 heterocycles. The average molecular weight is 228 g/mol. The third-order valence-corrected chi connectivity index (χ3v) is 2.42. The van der Waals surface area contributed by atoms with Crippen molar-refractivity contribution in [2.24, 2.45) is 5.92 Å². The fraction of sp³-hybridized carbons (Fsp3) is 0.417. The zero-order chi connectivity index (χ0) is 12.3. The van der Waals surface area contributed by atoms with E-state index in [2.05, 4.69) is 0 Å². The number of carbonyl (C=O) groups is 1. The summed E-state index contributed by atoms with van der Waals surface area (Å²) in [7, 11) is 0. The normalized spacial score (nSPS) is 13.5. The minimum atomic E-state index is -2.85. The van der Waals surface area contributed by atoms with Gasteiger partial charge >= 0.3 is 5.97 Å². The predicted octanol–water partition coefficient (Wildman–Crippen LogP) is 3.06. The average Bonchev–Trinajstić information content (AvgIpc) is 2.17. The van der Waals surface area contributed by atoms with E-state index in [1.807, 2.05) is 0 Å². The molecule has 1 rings (SSSR count). The Morgan fingerprint density at radius 2 is 1.88 bits per heavy atom. The van der Waals surface area contributed by atoms with Gasteiger partial charge in [0.1, 0.15) is 0 Å². The lowest BCUT2D eigenvalue weighted by molar-refractivity contribution is -0.141. The molecule has 0 amide bonds. The highest BCUT2D eigenvalue weighted by Gasteiger charge is 2.23. The second-order valence-corrected chi connectivity index (χ2v) is 4.03. The maximum absolute atomic E-state index is 12.9. The molecule has 1 aromatic rings. The lowest BCUT2D eigenvalue weighted by Gasteiger charge is -2.11. The summed E-state index contributed by atoms with van der Waals surface area (Å²) in [4.78, 5) is 10.6. The Labute approximate surface area is 92.9 Å². The first kappa shape index (κ1) is 12.6. The molecule has 0 spiro atoms. The van der Waals surface area contributed by atoms with E-state index in [1.165, 1.54) is 12.1 Å². The summed E-state index contributed by atoms with van der Waals surface area (Å²) in [5, 5.41) is 8.71. The molecule has 0 radical (unpaired) electrons. The van der Waals surface area contributed by atoms with E-state index < -0.39 is 17.8 Å². The van der Waals surface area contributed by atoms with Crippen molar-refractivity contribution in [1.29, 1.82) is 0 Å². The maximum Gasteiger partial charge on any atom is 0.306 e. The van der Waals surface area contributed by atoms with Gasteiger partial charge in [-0.1, -0.05) is 31.2 Å². The number of hydrogen-bond acceptors (Lipinski definition) is 1. The van der Waals surface area contributed by atoms with Gasteiger partial charge in [-0.2, -0.15) is 0 Å². The highest BCUT2D eigenvalue weighted by molar-refractivity contribution is 5.69. The van der Waals surface area contributed by atoms with Gasteiger partial charge in [0.25, 0.3) is 5.92 Å². The number of aliphatic carboxylic acids is 1. The lowest BCUT2D eigenvalue weighted by Crippen LogP contribution is -2.12. The maximum atomic E-state index is 12.9. The standard InChI is InChI=1S/C12H14F2O2/c1-8(11(15)16)7-9-3-5-10(6-4-9)12(2,13)14/h3-6,8H,7H2,1-2H3,(H,15,16). The Balaban J connectivity index is 2.76. The number of alkyl halides is 2. The molecule has 16 heavy (non-hydrogen) atoms. The van der Waals surface area contributed by atoms with Gasteiger partial charge in [-0.25, -0.2) is 8.78 Å². The summed E-state index contributed by atoms with van der Waals surface area (Å²) in [5.74, 6) is -4.24. The van der Waals surface area contributed by atoms with Gasteiger partial charge in [0.15, 0.2) is 0 Å². The van der Waals surface area contributed by atoms with E-state index in [4.69, 9.17) is 5.11 Å². The summed E-state index contributed by atoms with van der Waals surface area (Å²) in [6, 6.07) is 5.77. The van der Waals surface area contributed by atoms with Gasteiger partial charge in [0, 0.05) is 12.5 Å². The van der Waals surface area contributed by atoms with Crippen molar-refractivity contribution < 1.29 is 18.7 Å². The first-order valence-corrected chi connectivity index (χ1v) is 5.00. The van der Waals surface area contributed by atoms with Gasteiger partial charge in [-0.15, -0.1) is 0 Å². The summed E-state index contributed by atoms with van der Waals surface area (Å²) < 4.78 is 25.8. The second-order valence-electron chi connectivity index (χ2n) is 4.03. The van der Waals surface area contributed by atoms with Crippen molar-refractivity contribution in [2.45, 2.75) is 26.2 Å². The molecule has 1 aromatic carbocycles. The van der Waals surface area contributed by atoms with E-state index in [9.17, 15) is 13.6 Å². The summed E-state index contributed by atoms with van der Waals surface area (Å²) in [6.45, 7) is 2.42. The van der Waals surface area contributed by atoms with E-state index >= 15 is 0 Å². The number of hydrogen-bond donors (Lipinski definition) is 1. The summed E-state index contributed by atoms with van der Waals surface area (Å²) >= 11 is 0. The Morgan fingerprint density at radius 3 is 2.25 bits per heavy atom. The highest BCUT2D eigenvalue weighted by Crippen LogP contribution is 2.27. The third kappa shape index (κ3) is 3.29. The van der Waals surface area contributed by atoms with Gasteiger partial charge in [-0.3, -0.25) is 4.79 Å². The first-order chi connectivity index (χ1) is 7.30. The van der Waals surface area contributed by atoms with Crippen LogP contribution in [0.5, 0.6) is 0 Å². The van der Waals surface area contributed by atoms with Crippen LogP contribution in [-0.4, -0.2) is 11.1 Å².